The fourth-order valence-corrected chi connectivity index (χ4v) is 3.47. The highest BCUT2D eigenvalue weighted by Gasteiger charge is 2.25. The Bertz CT molecular complexity index is 1010. The molecule has 1 aliphatic rings. The maximum Gasteiger partial charge on any atom is 0.235 e. The van der Waals surface area contributed by atoms with E-state index in [1.165, 1.54) is 0 Å². The number of aliphatic hydroxyl groups excluding tert-OH is 1. The minimum atomic E-state index is -0.501. The summed E-state index contributed by atoms with van der Waals surface area (Å²) in [4.78, 5) is 23.6. The molecule has 0 bridgehead atoms. The molecule has 0 radical (unpaired) electrons. The average molecular weight is 428 g/mol. The molecule has 164 valence electrons. The van der Waals surface area contributed by atoms with Crippen molar-refractivity contribution < 1.29 is 9.50 Å². The fraction of sp³-hybridized carbons (Fsp3) is 0.474. The van der Waals surface area contributed by atoms with Gasteiger partial charge in [0.15, 0.2) is 11.6 Å². The van der Waals surface area contributed by atoms with Gasteiger partial charge in [-0.05, 0) is 33.1 Å². The molecular formula is C19H25FN10O. The predicted octanol–water partition coefficient (Wildman–Crippen LogP) is 2.10. The van der Waals surface area contributed by atoms with Gasteiger partial charge in [0.2, 0.25) is 17.8 Å². The number of hydrogen-bond acceptors (Lipinski definition) is 10. The minimum Gasteiger partial charge on any atom is -0.394 e. The lowest BCUT2D eigenvalue weighted by atomic mass is 10.0. The van der Waals surface area contributed by atoms with Gasteiger partial charge in [0.1, 0.15) is 5.82 Å². The first kappa shape index (κ1) is 20.8. The van der Waals surface area contributed by atoms with Crippen LogP contribution in [0.15, 0.2) is 18.5 Å². The minimum absolute atomic E-state index is 0.0234. The van der Waals surface area contributed by atoms with Gasteiger partial charge in [-0.2, -0.15) is 20.1 Å². The molecule has 4 N–H and O–H groups in total. The standard InChI is InChI=1S/C19H25FN10O/c1-11-7-15(29-28-11)24-18-25-17(23-12(2)16-21-8-13(20)9-22-16)26-19(27-18)30-6-4-3-5-14(30)10-31/h7-9,12,14,31H,3-6,10H2,1-2H3,(H3,23,24,25,26,27,28,29)/t12-,14?/m0/s1. The molecule has 1 saturated heterocycles. The Balaban J connectivity index is 1.64. The van der Waals surface area contributed by atoms with Gasteiger partial charge >= 0.3 is 0 Å². The van der Waals surface area contributed by atoms with E-state index in [9.17, 15) is 9.50 Å². The zero-order valence-electron chi connectivity index (χ0n) is 17.4. The summed E-state index contributed by atoms with van der Waals surface area (Å²) < 4.78 is 13.1. The zero-order valence-corrected chi connectivity index (χ0v) is 17.4. The first-order chi connectivity index (χ1) is 15.0. The molecule has 1 aliphatic heterocycles. The number of halogens is 1. The topological polar surface area (TPSA) is 141 Å². The van der Waals surface area contributed by atoms with Crippen molar-refractivity contribution >= 4 is 23.7 Å². The molecule has 1 fully saturated rings. The van der Waals surface area contributed by atoms with E-state index in [1.54, 1.807) is 0 Å². The quantitative estimate of drug-likeness (QED) is 0.442. The van der Waals surface area contributed by atoms with Crippen molar-refractivity contribution in [3.8, 4) is 0 Å². The number of aryl methyl sites for hydroxylation is 1. The molecule has 0 aromatic carbocycles. The van der Waals surface area contributed by atoms with Gasteiger partial charge < -0.3 is 20.6 Å². The van der Waals surface area contributed by atoms with Gasteiger partial charge in [-0.1, -0.05) is 0 Å². The number of nitrogens with zero attached hydrogens (tertiary/aromatic N) is 7. The first-order valence-electron chi connectivity index (χ1n) is 10.2. The summed E-state index contributed by atoms with van der Waals surface area (Å²) in [5.74, 6) is 1.56. The van der Waals surface area contributed by atoms with E-state index in [1.807, 2.05) is 24.8 Å². The number of piperidine rings is 1. The van der Waals surface area contributed by atoms with Gasteiger partial charge in [-0.3, -0.25) is 5.10 Å². The van der Waals surface area contributed by atoms with Crippen molar-refractivity contribution in [1.29, 1.82) is 0 Å². The van der Waals surface area contributed by atoms with Crippen LogP contribution in [-0.2, 0) is 0 Å². The molecule has 0 aliphatic carbocycles. The molecular weight excluding hydrogens is 403 g/mol. The monoisotopic (exact) mass is 428 g/mol. The van der Waals surface area contributed by atoms with Crippen molar-refractivity contribution in [1.82, 2.24) is 35.1 Å². The van der Waals surface area contributed by atoms with Crippen molar-refractivity contribution in [2.45, 2.75) is 45.2 Å². The Morgan fingerprint density at radius 2 is 2.00 bits per heavy atom. The van der Waals surface area contributed by atoms with Gasteiger partial charge in [0.25, 0.3) is 0 Å². The van der Waals surface area contributed by atoms with Gasteiger partial charge in [-0.15, -0.1) is 0 Å². The van der Waals surface area contributed by atoms with Gasteiger partial charge in [-0.25, -0.2) is 14.4 Å². The molecule has 12 heteroatoms. The average Bonchev–Trinajstić information content (AvgIpc) is 3.18. The third kappa shape index (κ3) is 5.02. The van der Waals surface area contributed by atoms with Gasteiger partial charge in [0, 0.05) is 18.3 Å². The molecule has 0 amide bonds. The number of nitrogens with one attached hydrogen (secondary N) is 3. The largest absolute Gasteiger partial charge is 0.394 e. The number of aromatic amines is 1. The van der Waals surface area contributed by atoms with Crippen LogP contribution < -0.4 is 15.5 Å². The summed E-state index contributed by atoms with van der Waals surface area (Å²) >= 11 is 0. The van der Waals surface area contributed by atoms with Crippen molar-refractivity contribution in [2.24, 2.45) is 0 Å². The normalized spacial score (nSPS) is 17.4. The fourth-order valence-electron chi connectivity index (χ4n) is 3.47. The van der Waals surface area contributed by atoms with Crippen LogP contribution >= 0.6 is 0 Å². The summed E-state index contributed by atoms with van der Waals surface area (Å²) in [6.07, 6.45) is 5.14. The van der Waals surface area contributed by atoms with E-state index in [4.69, 9.17) is 0 Å². The van der Waals surface area contributed by atoms with Gasteiger partial charge in [0.05, 0.1) is 31.1 Å². The highest BCUT2D eigenvalue weighted by molar-refractivity contribution is 5.53. The molecule has 3 aromatic heterocycles. The summed E-state index contributed by atoms with van der Waals surface area (Å²) in [5, 5.41) is 23.1. The maximum atomic E-state index is 13.1. The Morgan fingerprint density at radius 1 is 1.23 bits per heavy atom. The summed E-state index contributed by atoms with van der Waals surface area (Å²) in [5.41, 5.74) is 0.897. The Morgan fingerprint density at radius 3 is 2.71 bits per heavy atom. The van der Waals surface area contributed by atoms with E-state index in [2.05, 4.69) is 45.8 Å². The summed E-state index contributed by atoms with van der Waals surface area (Å²) in [7, 11) is 0. The van der Waals surface area contributed by atoms with E-state index in [-0.39, 0.29) is 18.7 Å². The van der Waals surface area contributed by atoms with Crippen LogP contribution in [0.3, 0.4) is 0 Å². The third-order valence-electron chi connectivity index (χ3n) is 5.04. The Labute approximate surface area is 178 Å². The molecule has 0 spiro atoms. The van der Waals surface area contributed by atoms with E-state index < -0.39 is 5.82 Å². The van der Waals surface area contributed by atoms with Crippen molar-refractivity contribution in [3.05, 3.63) is 35.8 Å². The van der Waals surface area contributed by atoms with Crippen LogP contribution in [-0.4, -0.2) is 59.4 Å². The molecule has 4 rings (SSSR count). The number of anilines is 4. The number of aromatic nitrogens is 7. The van der Waals surface area contributed by atoms with Crippen molar-refractivity contribution in [2.75, 3.05) is 28.7 Å². The smallest absolute Gasteiger partial charge is 0.235 e. The highest BCUT2D eigenvalue weighted by Crippen LogP contribution is 2.25. The van der Waals surface area contributed by atoms with Crippen LogP contribution in [0.5, 0.6) is 0 Å². The van der Waals surface area contributed by atoms with Crippen LogP contribution in [0.4, 0.5) is 28.1 Å². The molecule has 2 atom stereocenters. The van der Waals surface area contributed by atoms with Crippen LogP contribution in [0, 0.1) is 12.7 Å². The number of hydrogen-bond donors (Lipinski definition) is 4. The molecule has 31 heavy (non-hydrogen) atoms. The lowest BCUT2D eigenvalue weighted by Crippen LogP contribution is -2.43. The molecule has 0 saturated carbocycles. The van der Waals surface area contributed by atoms with E-state index in [0.29, 0.717) is 29.5 Å². The molecule has 1 unspecified atom stereocenters. The second kappa shape index (κ2) is 9.16. The lowest BCUT2D eigenvalue weighted by molar-refractivity contribution is 0.239. The number of rotatable bonds is 7. The van der Waals surface area contributed by atoms with E-state index in [0.717, 1.165) is 43.9 Å². The first-order valence-corrected chi connectivity index (χ1v) is 10.2. The lowest BCUT2D eigenvalue weighted by Gasteiger charge is -2.34. The SMILES string of the molecule is Cc1cc(Nc2nc(N[C@@H](C)c3ncc(F)cn3)nc(N3CCCCC3CO)n2)n[nH]1. The maximum absolute atomic E-state index is 13.1. The molecule has 4 heterocycles. The van der Waals surface area contributed by atoms with Crippen LogP contribution in [0.25, 0.3) is 0 Å². The van der Waals surface area contributed by atoms with E-state index >= 15 is 0 Å². The molecule has 3 aromatic rings. The zero-order chi connectivity index (χ0) is 21.8. The predicted molar refractivity (Wildman–Crippen MR) is 113 cm³/mol. The van der Waals surface area contributed by atoms with Crippen LogP contribution in [0.2, 0.25) is 0 Å². The summed E-state index contributed by atoms with van der Waals surface area (Å²) in [6, 6.07) is 1.41. The highest BCUT2D eigenvalue weighted by atomic mass is 19.1. The van der Waals surface area contributed by atoms with Crippen molar-refractivity contribution in [3.63, 3.8) is 0 Å². The summed E-state index contributed by atoms with van der Waals surface area (Å²) in [6.45, 7) is 4.49. The molecule has 11 nitrogen and oxygen atoms in total. The number of aliphatic hydroxyl groups is 1. The second-order valence-electron chi connectivity index (χ2n) is 7.49. The Kier molecular flexibility index (Phi) is 6.16. The Hall–Kier alpha value is -3.41. The third-order valence-corrected chi connectivity index (χ3v) is 5.04. The number of H-pyrrole nitrogens is 1. The van der Waals surface area contributed by atoms with Crippen LogP contribution in [0.1, 0.15) is 43.7 Å². The second-order valence-corrected chi connectivity index (χ2v) is 7.49.